The molecule has 5 N–H and O–H groups in total. The summed E-state index contributed by atoms with van der Waals surface area (Å²) in [6, 6.07) is 18.2. The van der Waals surface area contributed by atoms with E-state index in [-0.39, 0.29) is 17.4 Å². The number of carbonyl (C=O) groups excluding carboxylic acids is 1. The molecule has 4 rings (SSSR count). The van der Waals surface area contributed by atoms with Crippen molar-refractivity contribution >= 4 is 62.9 Å². The van der Waals surface area contributed by atoms with Gasteiger partial charge in [-0.15, -0.1) is 0 Å². The summed E-state index contributed by atoms with van der Waals surface area (Å²) < 4.78 is 0. The number of aromatic nitrogens is 2. The van der Waals surface area contributed by atoms with Gasteiger partial charge in [-0.25, -0.2) is 9.97 Å². The second-order valence-electron chi connectivity index (χ2n) is 6.34. The van der Waals surface area contributed by atoms with Crippen LogP contribution in [0.15, 0.2) is 67.0 Å². The van der Waals surface area contributed by atoms with Crippen LogP contribution in [0.25, 0.3) is 10.8 Å². The maximum absolute atomic E-state index is 12.7. The van der Waals surface area contributed by atoms with E-state index in [1.54, 1.807) is 24.3 Å². The van der Waals surface area contributed by atoms with Gasteiger partial charge in [-0.05, 0) is 35.0 Å². The molecule has 1 heterocycles. The average Bonchev–Trinajstić information content (AvgIpc) is 2.75. The number of nitrogens with zero attached hydrogens (tertiary/aromatic N) is 2. The summed E-state index contributed by atoms with van der Waals surface area (Å²) in [5.74, 6) is 0.252. The Kier molecular flexibility index (Phi) is 5.56. The average molecular weight is 439 g/mol. The summed E-state index contributed by atoms with van der Waals surface area (Å²) in [5.41, 5.74) is 12.9. The van der Waals surface area contributed by atoms with Crippen molar-refractivity contribution in [3.63, 3.8) is 0 Å². The standard InChI is InChI=1S/C21H16Cl2N6O/c22-13-8-9-17(16(23)10-13)27-19-18(24)20(26-11-25-19)28-29-21(30)15-7-3-5-12-4-1-2-6-14(12)15/h1-11H,24H2,(H,29,30)(H2,25,26,27,28). The van der Waals surface area contributed by atoms with E-state index in [1.807, 2.05) is 36.4 Å². The monoisotopic (exact) mass is 438 g/mol. The number of hydrogen-bond acceptors (Lipinski definition) is 6. The van der Waals surface area contributed by atoms with E-state index in [9.17, 15) is 4.79 Å². The van der Waals surface area contributed by atoms with Gasteiger partial charge in [0, 0.05) is 10.6 Å². The number of nitrogen functional groups attached to an aromatic ring is 1. The zero-order chi connectivity index (χ0) is 21.1. The fourth-order valence-electron chi connectivity index (χ4n) is 2.92. The minimum Gasteiger partial charge on any atom is -0.393 e. The predicted octanol–water partition coefficient (Wildman–Crippen LogP) is 5.02. The van der Waals surface area contributed by atoms with Gasteiger partial charge in [-0.1, -0.05) is 59.6 Å². The number of hydrogen-bond donors (Lipinski definition) is 4. The number of carbonyl (C=O) groups is 1. The third-order valence-corrected chi connectivity index (χ3v) is 4.94. The maximum Gasteiger partial charge on any atom is 0.270 e. The Bertz CT molecular complexity index is 1240. The smallest absolute Gasteiger partial charge is 0.270 e. The minimum absolute atomic E-state index is 0.210. The molecule has 4 aromatic rings. The molecule has 0 aliphatic heterocycles. The molecule has 0 aliphatic rings. The van der Waals surface area contributed by atoms with Crippen LogP contribution in [0.3, 0.4) is 0 Å². The Hall–Kier alpha value is -3.55. The summed E-state index contributed by atoms with van der Waals surface area (Å²) in [6.07, 6.45) is 1.31. The Balaban J connectivity index is 1.52. The lowest BCUT2D eigenvalue weighted by Crippen LogP contribution is -2.30. The number of rotatable bonds is 5. The second kappa shape index (κ2) is 8.44. The molecule has 0 radical (unpaired) electrons. The van der Waals surface area contributed by atoms with Gasteiger partial charge >= 0.3 is 0 Å². The lowest BCUT2D eigenvalue weighted by molar-refractivity contribution is 0.0964. The third kappa shape index (κ3) is 4.07. The molecule has 0 spiro atoms. The Morgan fingerprint density at radius 1 is 0.933 bits per heavy atom. The molecule has 0 unspecified atom stereocenters. The van der Waals surface area contributed by atoms with Gasteiger partial charge < -0.3 is 11.1 Å². The van der Waals surface area contributed by atoms with E-state index in [4.69, 9.17) is 28.9 Å². The van der Waals surface area contributed by atoms with E-state index in [2.05, 4.69) is 26.1 Å². The first-order valence-electron chi connectivity index (χ1n) is 8.89. The molecule has 1 amide bonds. The van der Waals surface area contributed by atoms with E-state index in [0.29, 0.717) is 27.1 Å². The van der Waals surface area contributed by atoms with Gasteiger partial charge in [0.15, 0.2) is 11.6 Å². The van der Waals surface area contributed by atoms with Gasteiger partial charge in [0.25, 0.3) is 5.91 Å². The van der Waals surface area contributed by atoms with E-state index in [0.717, 1.165) is 10.8 Å². The quantitative estimate of drug-likeness (QED) is 0.326. The highest BCUT2D eigenvalue weighted by atomic mass is 35.5. The molecule has 150 valence electrons. The van der Waals surface area contributed by atoms with Crippen LogP contribution in [0, 0.1) is 0 Å². The van der Waals surface area contributed by atoms with Gasteiger partial charge in [0.1, 0.15) is 12.0 Å². The van der Waals surface area contributed by atoms with E-state index in [1.165, 1.54) is 6.33 Å². The molecule has 0 atom stereocenters. The number of fused-ring (bicyclic) bond motifs is 1. The van der Waals surface area contributed by atoms with Crippen LogP contribution in [0.5, 0.6) is 0 Å². The number of halogens is 2. The second-order valence-corrected chi connectivity index (χ2v) is 7.18. The zero-order valence-electron chi connectivity index (χ0n) is 15.5. The van der Waals surface area contributed by atoms with Crippen molar-refractivity contribution in [2.45, 2.75) is 0 Å². The Labute approximate surface area is 182 Å². The van der Waals surface area contributed by atoms with Crippen molar-refractivity contribution in [1.29, 1.82) is 0 Å². The fraction of sp³-hybridized carbons (Fsp3) is 0. The van der Waals surface area contributed by atoms with Crippen molar-refractivity contribution in [1.82, 2.24) is 15.4 Å². The van der Waals surface area contributed by atoms with Gasteiger partial charge in [0.2, 0.25) is 0 Å². The summed E-state index contributed by atoms with van der Waals surface area (Å²) in [5, 5.41) is 5.77. The maximum atomic E-state index is 12.7. The van der Waals surface area contributed by atoms with Gasteiger partial charge in [-0.2, -0.15) is 0 Å². The lowest BCUT2D eigenvalue weighted by atomic mass is 10.0. The predicted molar refractivity (Wildman–Crippen MR) is 121 cm³/mol. The summed E-state index contributed by atoms with van der Waals surface area (Å²) >= 11 is 12.1. The zero-order valence-corrected chi connectivity index (χ0v) is 17.0. The molecule has 1 aromatic heterocycles. The summed E-state index contributed by atoms with van der Waals surface area (Å²) in [4.78, 5) is 20.9. The largest absolute Gasteiger partial charge is 0.393 e. The molecule has 0 saturated carbocycles. The molecule has 0 bridgehead atoms. The van der Waals surface area contributed by atoms with Crippen molar-refractivity contribution < 1.29 is 4.79 Å². The highest BCUT2D eigenvalue weighted by Crippen LogP contribution is 2.31. The van der Waals surface area contributed by atoms with Crippen LogP contribution >= 0.6 is 23.2 Å². The van der Waals surface area contributed by atoms with Crippen LogP contribution < -0.4 is 21.9 Å². The highest BCUT2D eigenvalue weighted by molar-refractivity contribution is 6.36. The third-order valence-electron chi connectivity index (χ3n) is 4.40. The first kappa shape index (κ1) is 19.8. The van der Waals surface area contributed by atoms with Crippen LogP contribution in [-0.4, -0.2) is 15.9 Å². The number of anilines is 4. The van der Waals surface area contributed by atoms with E-state index < -0.39 is 0 Å². The van der Waals surface area contributed by atoms with Crippen molar-refractivity contribution in [2.75, 3.05) is 16.5 Å². The number of amides is 1. The minimum atomic E-state index is -0.319. The molecule has 3 aromatic carbocycles. The highest BCUT2D eigenvalue weighted by Gasteiger charge is 2.13. The van der Waals surface area contributed by atoms with E-state index >= 15 is 0 Å². The fourth-order valence-corrected chi connectivity index (χ4v) is 3.38. The van der Waals surface area contributed by atoms with Crippen molar-refractivity contribution in [3.05, 3.63) is 82.6 Å². The summed E-state index contributed by atoms with van der Waals surface area (Å²) in [7, 11) is 0. The first-order valence-corrected chi connectivity index (χ1v) is 9.65. The lowest BCUT2D eigenvalue weighted by Gasteiger charge is -2.14. The molecular weight excluding hydrogens is 423 g/mol. The molecular formula is C21H16Cl2N6O. The SMILES string of the molecule is Nc1c(NNC(=O)c2cccc3ccccc23)ncnc1Nc1ccc(Cl)cc1Cl. The molecule has 0 aliphatic carbocycles. The van der Waals surface area contributed by atoms with Crippen molar-refractivity contribution in [3.8, 4) is 0 Å². The van der Waals surface area contributed by atoms with Gasteiger partial charge in [0.05, 0.1) is 10.7 Å². The number of benzene rings is 3. The van der Waals surface area contributed by atoms with Crippen LogP contribution in [0.1, 0.15) is 10.4 Å². The van der Waals surface area contributed by atoms with Crippen LogP contribution in [0.4, 0.5) is 23.0 Å². The molecule has 9 heteroatoms. The number of nitrogens with two attached hydrogens (primary N) is 1. The Morgan fingerprint density at radius 3 is 2.53 bits per heavy atom. The first-order chi connectivity index (χ1) is 14.5. The van der Waals surface area contributed by atoms with Gasteiger partial charge in [-0.3, -0.25) is 15.6 Å². The summed E-state index contributed by atoms with van der Waals surface area (Å²) in [6.45, 7) is 0. The van der Waals surface area contributed by atoms with Crippen molar-refractivity contribution in [2.24, 2.45) is 0 Å². The number of hydrazine groups is 1. The molecule has 0 saturated heterocycles. The van der Waals surface area contributed by atoms with Crippen LogP contribution in [0.2, 0.25) is 10.0 Å². The number of nitrogens with one attached hydrogen (secondary N) is 3. The van der Waals surface area contributed by atoms with Crippen LogP contribution in [-0.2, 0) is 0 Å². The molecule has 0 fully saturated rings. The molecule has 7 nitrogen and oxygen atoms in total. The normalized spacial score (nSPS) is 10.6. The Morgan fingerprint density at radius 2 is 1.70 bits per heavy atom. The topological polar surface area (TPSA) is 105 Å². The molecule has 30 heavy (non-hydrogen) atoms.